The maximum atomic E-state index is 13.2. The van der Waals surface area contributed by atoms with Gasteiger partial charge in [-0.1, -0.05) is 6.42 Å². The van der Waals surface area contributed by atoms with Crippen molar-refractivity contribution in [1.82, 2.24) is 4.90 Å². The van der Waals surface area contributed by atoms with Crippen LogP contribution in [0.5, 0.6) is 5.75 Å². The predicted molar refractivity (Wildman–Crippen MR) is 101 cm³/mol. The van der Waals surface area contributed by atoms with E-state index in [1.807, 2.05) is 6.92 Å². The molecular weight excluding hydrogens is 346 g/mol. The summed E-state index contributed by atoms with van der Waals surface area (Å²) in [5.74, 6) is -0.254. The van der Waals surface area contributed by atoms with Crippen LogP contribution in [-0.4, -0.2) is 41.7 Å². The zero-order valence-corrected chi connectivity index (χ0v) is 15.9. The van der Waals surface area contributed by atoms with E-state index in [1.165, 1.54) is 12.1 Å². The molecule has 6 nitrogen and oxygen atoms in total. The largest absolute Gasteiger partial charge is 0.508 e. The van der Waals surface area contributed by atoms with Gasteiger partial charge in [-0.15, -0.1) is 0 Å². The molecule has 2 aliphatic rings. The lowest BCUT2D eigenvalue weighted by atomic mass is 9.50. The first-order valence-corrected chi connectivity index (χ1v) is 9.54. The normalized spacial score (nSPS) is 23.1. The number of nitrogens with zero attached hydrogens (tertiary/aromatic N) is 1. The number of hydrogen-bond donors (Lipinski definition) is 1. The molecule has 1 spiro atoms. The van der Waals surface area contributed by atoms with Crippen LogP contribution < -0.4 is 5.63 Å². The van der Waals surface area contributed by atoms with Crippen molar-refractivity contribution in [2.24, 2.45) is 5.41 Å². The number of fused-ring (bicyclic) bond motifs is 1. The van der Waals surface area contributed by atoms with Crippen LogP contribution in [0.3, 0.4) is 0 Å². The van der Waals surface area contributed by atoms with E-state index in [2.05, 4.69) is 0 Å². The first kappa shape index (κ1) is 18.0. The lowest BCUT2D eigenvalue weighted by Gasteiger charge is -2.63. The number of ether oxygens (including phenoxy) is 1. The van der Waals surface area contributed by atoms with E-state index in [1.54, 1.807) is 24.9 Å². The molecule has 2 fully saturated rings. The third-order valence-corrected chi connectivity index (χ3v) is 6.55. The average molecular weight is 371 g/mol. The minimum absolute atomic E-state index is 0.0314. The van der Waals surface area contributed by atoms with Crippen LogP contribution in [0.25, 0.3) is 11.0 Å². The van der Waals surface area contributed by atoms with Gasteiger partial charge in [-0.05, 0) is 56.9 Å². The van der Waals surface area contributed by atoms with Crippen molar-refractivity contribution in [2.45, 2.75) is 51.7 Å². The first-order chi connectivity index (χ1) is 12.9. The summed E-state index contributed by atoms with van der Waals surface area (Å²) in [6.45, 7) is 4.39. The van der Waals surface area contributed by atoms with Crippen molar-refractivity contribution in [1.29, 1.82) is 0 Å². The topological polar surface area (TPSA) is 80.0 Å². The number of phenolic OH excluding ortho intramolecular Hbond substituents is 1. The molecule has 1 N–H and O–H groups in total. The highest BCUT2D eigenvalue weighted by Gasteiger charge is 2.61. The van der Waals surface area contributed by atoms with Crippen LogP contribution >= 0.6 is 0 Å². The Bertz CT molecular complexity index is 959. The van der Waals surface area contributed by atoms with Gasteiger partial charge in [0.25, 0.3) is 5.91 Å². The molecule has 0 saturated heterocycles. The molecule has 0 aliphatic heterocycles. The van der Waals surface area contributed by atoms with Gasteiger partial charge in [0, 0.05) is 30.5 Å². The lowest BCUT2D eigenvalue weighted by Crippen LogP contribution is -2.68. The van der Waals surface area contributed by atoms with E-state index >= 15 is 0 Å². The molecular formula is C21H25NO5. The lowest BCUT2D eigenvalue weighted by molar-refractivity contribution is -0.192. The van der Waals surface area contributed by atoms with Gasteiger partial charge < -0.3 is 19.2 Å². The fourth-order valence-electron chi connectivity index (χ4n) is 4.85. The SMILES string of the molecule is CCOC1CC(N(C)C(=O)c2c(C)c3cc(O)ccc3oc2=O)C12CCC2. The number of hydrogen-bond acceptors (Lipinski definition) is 5. The van der Waals surface area contributed by atoms with Crippen molar-refractivity contribution in [3.63, 3.8) is 0 Å². The van der Waals surface area contributed by atoms with Crippen molar-refractivity contribution < 1.29 is 19.1 Å². The summed E-state index contributed by atoms with van der Waals surface area (Å²) >= 11 is 0. The number of aryl methyl sites for hydroxylation is 1. The minimum atomic E-state index is -0.633. The summed E-state index contributed by atoms with van der Waals surface area (Å²) in [5.41, 5.74) is 0.349. The maximum absolute atomic E-state index is 13.2. The van der Waals surface area contributed by atoms with Gasteiger partial charge in [-0.3, -0.25) is 4.79 Å². The van der Waals surface area contributed by atoms with E-state index in [0.29, 0.717) is 23.1 Å². The Balaban J connectivity index is 1.68. The minimum Gasteiger partial charge on any atom is -0.508 e. The van der Waals surface area contributed by atoms with Gasteiger partial charge in [0.05, 0.1) is 6.10 Å². The highest BCUT2D eigenvalue weighted by atomic mass is 16.5. The van der Waals surface area contributed by atoms with Crippen molar-refractivity contribution in [3.05, 3.63) is 39.7 Å². The van der Waals surface area contributed by atoms with E-state index in [0.717, 1.165) is 25.7 Å². The zero-order chi connectivity index (χ0) is 19.3. The number of phenols is 1. The Morgan fingerprint density at radius 1 is 1.41 bits per heavy atom. The highest BCUT2D eigenvalue weighted by molar-refractivity contribution is 5.99. The summed E-state index contributed by atoms with van der Waals surface area (Å²) in [6.07, 6.45) is 4.26. The summed E-state index contributed by atoms with van der Waals surface area (Å²) in [6, 6.07) is 4.60. The van der Waals surface area contributed by atoms with Gasteiger partial charge in [-0.2, -0.15) is 0 Å². The average Bonchev–Trinajstić information content (AvgIpc) is 2.57. The Kier molecular flexibility index (Phi) is 4.26. The number of carbonyl (C=O) groups excluding carboxylic acids is 1. The number of aromatic hydroxyl groups is 1. The molecule has 1 heterocycles. The quantitative estimate of drug-likeness (QED) is 0.835. The molecule has 2 saturated carbocycles. The number of amides is 1. The van der Waals surface area contributed by atoms with Crippen LogP contribution in [0.2, 0.25) is 0 Å². The number of rotatable bonds is 4. The van der Waals surface area contributed by atoms with E-state index < -0.39 is 5.63 Å². The van der Waals surface area contributed by atoms with Gasteiger partial charge >= 0.3 is 5.63 Å². The van der Waals surface area contributed by atoms with Gasteiger partial charge in [0.15, 0.2) is 0 Å². The molecule has 0 radical (unpaired) electrons. The van der Waals surface area contributed by atoms with E-state index in [4.69, 9.17) is 9.15 Å². The third kappa shape index (κ3) is 2.57. The summed E-state index contributed by atoms with van der Waals surface area (Å²) in [5, 5.41) is 10.3. The Labute approximate surface area is 157 Å². The van der Waals surface area contributed by atoms with Gasteiger partial charge in [0.1, 0.15) is 16.9 Å². The van der Waals surface area contributed by atoms with E-state index in [-0.39, 0.29) is 34.8 Å². The smallest absolute Gasteiger partial charge is 0.349 e. The molecule has 0 bridgehead atoms. The van der Waals surface area contributed by atoms with Gasteiger partial charge in [-0.25, -0.2) is 4.79 Å². The van der Waals surface area contributed by atoms with Crippen LogP contribution in [0.4, 0.5) is 0 Å². The van der Waals surface area contributed by atoms with Crippen molar-refractivity contribution >= 4 is 16.9 Å². The Morgan fingerprint density at radius 3 is 2.78 bits per heavy atom. The third-order valence-electron chi connectivity index (χ3n) is 6.55. The molecule has 2 aromatic rings. The number of benzene rings is 1. The molecule has 2 aliphatic carbocycles. The number of carbonyl (C=O) groups is 1. The van der Waals surface area contributed by atoms with Crippen LogP contribution in [0, 0.1) is 12.3 Å². The molecule has 1 aromatic carbocycles. The fraction of sp³-hybridized carbons (Fsp3) is 0.524. The molecule has 4 rings (SSSR count). The second-order valence-corrected chi connectivity index (χ2v) is 7.77. The predicted octanol–water partition coefficient (Wildman–Crippen LogP) is 3.23. The maximum Gasteiger partial charge on any atom is 0.349 e. The summed E-state index contributed by atoms with van der Waals surface area (Å²) in [7, 11) is 1.76. The molecule has 27 heavy (non-hydrogen) atoms. The molecule has 1 aromatic heterocycles. The Morgan fingerprint density at radius 2 is 2.15 bits per heavy atom. The van der Waals surface area contributed by atoms with Crippen LogP contribution in [0.1, 0.15) is 48.5 Å². The first-order valence-electron chi connectivity index (χ1n) is 9.54. The van der Waals surface area contributed by atoms with Crippen molar-refractivity contribution in [2.75, 3.05) is 13.7 Å². The standard InChI is InChI=1S/C21H25NO5/c1-4-26-17-11-16(21(17)8-5-9-21)22(3)19(24)18-12(2)14-10-13(23)6-7-15(14)27-20(18)25/h6-7,10,16-17,23H,4-5,8-9,11H2,1-3H3. The molecule has 144 valence electrons. The van der Waals surface area contributed by atoms with Gasteiger partial charge in [0.2, 0.25) is 0 Å². The van der Waals surface area contributed by atoms with Crippen molar-refractivity contribution in [3.8, 4) is 5.75 Å². The monoisotopic (exact) mass is 371 g/mol. The van der Waals surface area contributed by atoms with Crippen LogP contribution in [-0.2, 0) is 4.74 Å². The molecule has 1 amide bonds. The highest BCUT2D eigenvalue weighted by Crippen LogP contribution is 2.59. The fourth-order valence-corrected chi connectivity index (χ4v) is 4.85. The van der Waals surface area contributed by atoms with Crippen LogP contribution in [0.15, 0.2) is 27.4 Å². The zero-order valence-electron chi connectivity index (χ0n) is 15.9. The molecule has 2 unspecified atom stereocenters. The molecule has 2 atom stereocenters. The summed E-state index contributed by atoms with van der Waals surface area (Å²) in [4.78, 5) is 27.4. The van der Waals surface area contributed by atoms with E-state index in [9.17, 15) is 14.7 Å². The molecule has 6 heteroatoms. The second-order valence-electron chi connectivity index (χ2n) is 7.77. The summed E-state index contributed by atoms with van der Waals surface area (Å²) < 4.78 is 11.2. The Hall–Kier alpha value is -2.34. The second kappa shape index (κ2) is 6.37.